The van der Waals surface area contributed by atoms with Crippen molar-refractivity contribution in [2.45, 2.75) is 19.3 Å². The van der Waals surface area contributed by atoms with E-state index in [1.165, 1.54) is 5.56 Å². The van der Waals surface area contributed by atoms with Crippen LogP contribution in [0.15, 0.2) is 42.5 Å². The number of benzene rings is 2. The second-order valence-electron chi connectivity index (χ2n) is 6.90. The molecule has 2 aromatic rings. The Morgan fingerprint density at radius 1 is 1.08 bits per heavy atom. The van der Waals surface area contributed by atoms with Gasteiger partial charge in [0.2, 0.25) is 5.91 Å². The Morgan fingerprint density at radius 2 is 1.85 bits per heavy atom. The number of carbonyl (C=O) groups is 1. The highest BCUT2D eigenvalue weighted by Crippen LogP contribution is 2.33. The van der Waals surface area contributed by atoms with Crippen LogP contribution in [0.3, 0.4) is 0 Å². The van der Waals surface area contributed by atoms with Crippen molar-refractivity contribution in [1.29, 1.82) is 5.26 Å². The lowest BCUT2D eigenvalue weighted by Gasteiger charge is -2.35. The molecule has 2 aliphatic heterocycles. The summed E-state index contributed by atoms with van der Waals surface area (Å²) in [5.74, 6) is 0.293. The fraction of sp³-hybridized carbons (Fsp3) is 0.333. The minimum absolute atomic E-state index is 0.0512. The fourth-order valence-electron chi connectivity index (χ4n) is 4.03. The van der Waals surface area contributed by atoms with Gasteiger partial charge in [-0.15, -0.1) is 0 Å². The molecule has 26 heavy (non-hydrogen) atoms. The van der Waals surface area contributed by atoms with Crippen molar-refractivity contribution in [3.63, 3.8) is 0 Å². The number of nitrogens with zero attached hydrogens (tertiary/aromatic N) is 3. The molecule has 4 rings (SSSR count). The fourth-order valence-corrected chi connectivity index (χ4v) is 4.20. The van der Waals surface area contributed by atoms with E-state index in [0.29, 0.717) is 10.6 Å². The van der Waals surface area contributed by atoms with Gasteiger partial charge in [-0.2, -0.15) is 5.26 Å². The van der Waals surface area contributed by atoms with Gasteiger partial charge >= 0.3 is 0 Å². The summed E-state index contributed by atoms with van der Waals surface area (Å²) in [4.78, 5) is 17.2. The first kappa shape index (κ1) is 16.9. The summed E-state index contributed by atoms with van der Waals surface area (Å²) in [5, 5.41) is 9.93. The highest BCUT2D eigenvalue weighted by atomic mass is 35.5. The van der Waals surface area contributed by atoms with Crippen LogP contribution in [-0.4, -0.2) is 25.5 Å². The van der Waals surface area contributed by atoms with Crippen LogP contribution >= 0.6 is 11.6 Å². The number of hydrogen-bond acceptors (Lipinski definition) is 3. The van der Waals surface area contributed by atoms with Gasteiger partial charge in [-0.25, -0.2) is 0 Å². The molecule has 0 N–H and O–H groups in total. The first-order chi connectivity index (χ1) is 12.7. The van der Waals surface area contributed by atoms with Gasteiger partial charge in [0.05, 0.1) is 11.3 Å². The molecule has 1 amide bonds. The molecule has 0 aromatic heterocycles. The monoisotopic (exact) mass is 365 g/mol. The summed E-state index contributed by atoms with van der Waals surface area (Å²) in [6, 6.07) is 15.8. The van der Waals surface area contributed by atoms with E-state index in [4.69, 9.17) is 11.6 Å². The van der Waals surface area contributed by atoms with Crippen molar-refractivity contribution in [1.82, 2.24) is 0 Å². The summed E-state index contributed by atoms with van der Waals surface area (Å²) in [6.45, 7) is 2.35. The van der Waals surface area contributed by atoms with Gasteiger partial charge in [0.25, 0.3) is 0 Å². The van der Waals surface area contributed by atoms with Gasteiger partial charge < -0.3 is 9.80 Å². The normalized spacial score (nSPS) is 17.1. The highest BCUT2D eigenvalue weighted by Gasteiger charge is 2.32. The second kappa shape index (κ2) is 7.01. The van der Waals surface area contributed by atoms with Crippen LogP contribution in [0.5, 0.6) is 0 Å². The van der Waals surface area contributed by atoms with Gasteiger partial charge in [0, 0.05) is 36.3 Å². The van der Waals surface area contributed by atoms with Gasteiger partial charge in [-0.3, -0.25) is 4.79 Å². The Morgan fingerprint density at radius 3 is 2.62 bits per heavy atom. The number of piperidine rings is 1. The zero-order chi connectivity index (χ0) is 18.1. The molecule has 0 atom stereocenters. The minimum atomic E-state index is 0.0512. The molecule has 132 valence electrons. The molecular weight excluding hydrogens is 346 g/mol. The van der Waals surface area contributed by atoms with Crippen molar-refractivity contribution in [2.75, 3.05) is 29.4 Å². The molecule has 0 bridgehead atoms. The van der Waals surface area contributed by atoms with E-state index < -0.39 is 0 Å². The van der Waals surface area contributed by atoms with Crippen molar-refractivity contribution >= 4 is 28.9 Å². The van der Waals surface area contributed by atoms with E-state index in [1.807, 2.05) is 35.2 Å². The summed E-state index contributed by atoms with van der Waals surface area (Å²) in [7, 11) is 0. The number of rotatable bonds is 2. The predicted molar refractivity (Wildman–Crippen MR) is 104 cm³/mol. The smallest absolute Gasteiger partial charge is 0.230 e. The number of hydrogen-bond donors (Lipinski definition) is 0. The summed E-state index contributed by atoms with van der Waals surface area (Å²) < 4.78 is 0. The molecule has 2 aromatic carbocycles. The Labute approximate surface area is 158 Å². The maximum atomic E-state index is 13.0. The predicted octanol–water partition coefficient (Wildman–Crippen LogP) is 4.02. The maximum absolute atomic E-state index is 13.0. The number of carbonyl (C=O) groups excluding carboxylic acids is 1. The Balaban J connectivity index is 1.45. The summed E-state index contributed by atoms with van der Waals surface area (Å²) >= 11 is 5.99. The van der Waals surface area contributed by atoms with Gasteiger partial charge in [-0.1, -0.05) is 29.8 Å². The molecule has 0 spiro atoms. The average molecular weight is 366 g/mol. The number of halogens is 1. The minimum Gasteiger partial charge on any atom is -0.370 e. The van der Waals surface area contributed by atoms with E-state index >= 15 is 0 Å². The number of amides is 1. The van der Waals surface area contributed by atoms with Crippen LogP contribution in [0.2, 0.25) is 5.02 Å². The Hall–Kier alpha value is -2.51. The van der Waals surface area contributed by atoms with Gasteiger partial charge in [0.15, 0.2) is 0 Å². The largest absolute Gasteiger partial charge is 0.370 e. The number of fused-ring (bicyclic) bond motifs is 1. The Bertz CT molecular complexity index is 881. The molecule has 5 heteroatoms. The van der Waals surface area contributed by atoms with Crippen LogP contribution in [0.1, 0.15) is 24.0 Å². The maximum Gasteiger partial charge on any atom is 0.230 e. The third kappa shape index (κ3) is 3.04. The second-order valence-corrected chi connectivity index (χ2v) is 7.34. The third-order valence-corrected chi connectivity index (χ3v) is 5.65. The lowest BCUT2D eigenvalue weighted by atomic mass is 9.94. The summed E-state index contributed by atoms with van der Waals surface area (Å²) in [5.41, 5.74) is 3.84. The van der Waals surface area contributed by atoms with Gasteiger partial charge in [0.1, 0.15) is 6.07 Å². The number of nitriles is 1. The van der Waals surface area contributed by atoms with Gasteiger partial charge in [-0.05, 0) is 49.1 Å². The molecule has 0 aliphatic carbocycles. The zero-order valence-electron chi connectivity index (χ0n) is 14.5. The van der Waals surface area contributed by atoms with Crippen LogP contribution in [0, 0.1) is 17.2 Å². The van der Waals surface area contributed by atoms with E-state index in [1.54, 1.807) is 6.07 Å². The molecule has 0 radical (unpaired) electrons. The molecule has 1 saturated heterocycles. The Kier molecular flexibility index (Phi) is 4.57. The lowest BCUT2D eigenvalue weighted by molar-refractivity contribution is -0.122. The van der Waals surface area contributed by atoms with E-state index in [0.717, 1.165) is 50.3 Å². The topological polar surface area (TPSA) is 47.3 Å². The first-order valence-corrected chi connectivity index (χ1v) is 9.39. The molecule has 2 aliphatic rings. The number of para-hydroxylation sites is 1. The third-order valence-electron chi connectivity index (χ3n) is 5.42. The van der Waals surface area contributed by atoms with E-state index in [-0.39, 0.29) is 11.8 Å². The number of anilines is 2. The summed E-state index contributed by atoms with van der Waals surface area (Å²) in [6.07, 6.45) is 2.56. The standard InChI is InChI=1S/C21H20ClN3O/c22-18-5-6-19(17(13-18)14-23)24-10-7-16(8-11-24)21(26)25-12-9-15-3-1-2-4-20(15)25/h1-6,13,16H,7-12H2. The lowest BCUT2D eigenvalue weighted by Crippen LogP contribution is -2.42. The van der Waals surface area contributed by atoms with Crippen molar-refractivity contribution in [3.05, 3.63) is 58.6 Å². The SMILES string of the molecule is N#Cc1cc(Cl)ccc1N1CCC(C(=O)N2CCc3ccccc32)CC1. The van der Waals surface area contributed by atoms with Crippen LogP contribution < -0.4 is 9.80 Å². The first-order valence-electron chi connectivity index (χ1n) is 9.01. The van der Waals surface area contributed by atoms with E-state index in [2.05, 4.69) is 17.0 Å². The highest BCUT2D eigenvalue weighted by molar-refractivity contribution is 6.30. The average Bonchev–Trinajstić information content (AvgIpc) is 3.11. The quantitative estimate of drug-likeness (QED) is 0.807. The van der Waals surface area contributed by atoms with Crippen LogP contribution in [0.4, 0.5) is 11.4 Å². The van der Waals surface area contributed by atoms with Crippen LogP contribution in [-0.2, 0) is 11.2 Å². The van der Waals surface area contributed by atoms with Crippen molar-refractivity contribution in [3.8, 4) is 6.07 Å². The molecule has 1 fully saturated rings. The molecule has 0 unspecified atom stereocenters. The van der Waals surface area contributed by atoms with Crippen LogP contribution in [0.25, 0.3) is 0 Å². The molecule has 2 heterocycles. The van der Waals surface area contributed by atoms with E-state index in [9.17, 15) is 10.1 Å². The van der Waals surface area contributed by atoms with Crippen molar-refractivity contribution < 1.29 is 4.79 Å². The molecule has 4 nitrogen and oxygen atoms in total. The molecule has 0 saturated carbocycles. The molecular formula is C21H20ClN3O. The van der Waals surface area contributed by atoms with Crippen molar-refractivity contribution in [2.24, 2.45) is 5.92 Å². The zero-order valence-corrected chi connectivity index (χ0v) is 15.2.